The number of hydrogen-bond acceptors (Lipinski definition) is 4. The first-order valence-corrected chi connectivity index (χ1v) is 10.5. The summed E-state index contributed by atoms with van der Waals surface area (Å²) >= 11 is 0. The monoisotopic (exact) mass is 438 g/mol. The molecule has 1 aromatic heterocycles. The van der Waals surface area contributed by atoms with Crippen LogP contribution in [0, 0.1) is 5.82 Å². The molecular weight excluding hydrogens is 411 g/mol. The number of aromatic nitrogens is 2. The summed E-state index contributed by atoms with van der Waals surface area (Å²) in [6.07, 6.45) is 0.503. The van der Waals surface area contributed by atoms with Crippen LogP contribution in [0.25, 0.3) is 28.5 Å². The molecule has 168 valence electrons. The van der Waals surface area contributed by atoms with E-state index < -0.39 is 24.6 Å². The largest absolute Gasteiger partial charge is 0.481 e. The molecule has 6 nitrogen and oxygen atoms in total. The Hall–Kier alpha value is -3.29. The fraction of sp³-hybridized carbons (Fsp3) is 0.280. The average molecular weight is 438 g/mol. The summed E-state index contributed by atoms with van der Waals surface area (Å²) in [6, 6.07) is 15.8. The van der Waals surface area contributed by atoms with Crippen molar-refractivity contribution in [3.8, 4) is 22.4 Å². The third-order valence-corrected chi connectivity index (χ3v) is 5.02. The maximum atomic E-state index is 13.6. The van der Waals surface area contributed by atoms with E-state index in [2.05, 4.69) is 0 Å². The number of hydrogen-bond donors (Lipinski definition) is 3. The molecular formula is C25H27FN2O4. The lowest BCUT2D eigenvalue weighted by atomic mass is 9.98. The Morgan fingerprint density at radius 2 is 1.72 bits per heavy atom. The lowest BCUT2D eigenvalue weighted by Crippen LogP contribution is -2.19. The molecule has 0 aliphatic rings. The molecule has 0 fully saturated rings. The number of rotatable bonds is 9. The molecule has 1 heterocycles. The molecule has 32 heavy (non-hydrogen) atoms. The maximum absolute atomic E-state index is 13.6. The second-order valence-corrected chi connectivity index (χ2v) is 7.93. The van der Waals surface area contributed by atoms with E-state index in [-0.39, 0.29) is 18.3 Å². The molecule has 3 rings (SSSR count). The number of aliphatic hydroxyl groups is 2. The lowest BCUT2D eigenvalue weighted by Gasteiger charge is -2.12. The fourth-order valence-electron chi connectivity index (χ4n) is 3.54. The molecule has 0 aliphatic heterocycles. The molecule has 0 saturated carbocycles. The van der Waals surface area contributed by atoms with Gasteiger partial charge in [-0.3, -0.25) is 9.48 Å². The van der Waals surface area contributed by atoms with Crippen LogP contribution < -0.4 is 0 Å². The van der Waals surface area contributed by atoms with Crippen molar-refractivity contribution in [1.29, 1.82) is 0 Å². The number of nitrogens with zero attached hydrogens (tertiary/aromatic N) is 2. The summed E-state index contributed by atoms with van der Waals surface area (Å²) in [4.78, 5) is 10.8. The number of halogens is 1. The molecule has 0 radical (unpaired) electrons. The van der Waals surface area contributed by atoms with E-state index in [1.807, 2.05) is 48.9 Å². The van der Waals surface area contributed by atoms with Crippen LogP contribution in [-0.4, -0.2) is 43.3 Å². The first-order valence-electron chi connectivity index (χ1n) is 10.5. The highest BCUT2D eigenvalue weighted by molar-refractivity contribution is 5.86. The molecule has 0 amide bonds. The zero-order valence-corrected chi connectivity index (χ0v) is 18.0. The van der Waals surface area contributed by atoms with Crippen molar-refractivity contribution < 1.29 is 24.5 Å². The van der Waals surface area contributed by atoms with E-state index in [0.29, 0.717) is 0 Å². The number of aliphatic carboxylic acids is 1. The minimum absolute atomic E-state index is 0.000976. The maximum Gasteiger partial charge on any atom is 0.305 e. The third-order valence-electron chi connectivity index (χ3n) is 5.02. The third kappa shape index (κ3) is 5.69. The SMILES string of the molecule is CC(C)n1nc(-c2ccccc2)c(-c2ccc(F)cc2)c1/C=C/[C@@H](O)C[C@@H](O)CC(=O)O. The minimum atomic E-state index is -1.15. The highest BCUT2D eigenvalue weighted by Gasteiger charge is 2.21. The smallest absolute Gasteiger partial charge is 0.305 e. The summed E-state index contributed by atoms with van der Waals surface area (Å²) in [5, 5.41) is 33.8. The van der Waals surface area contributed by atoms with Crippen LogP contribution in [0.5, 0.6) is 0 Å². The Morgan fingerprint density at radius 1 is 1.06 bits per heavy atom. The van der Waals surface area contributed by atoms with Gasteiger partial charge in [0, 0.05) is 23.6 Å². The Labute approximate surface area is 186 Å². The van der Waals surface area contributed by atoms with Crippen LogP contribution in [0.2, 0.25) is 0 Å². The van der Waals surface area contributed by atoms with E-state index in [1.54, 1.807) is 18.2 Å². The van der Waals surface area contributed by atoms with E-state index in [0.717, 1.165) is 28.1 Å². The Kier molecular flexibility index (Phi) is 7.56. The highest BCUT2D eigenvalue weighted by Crippen LogP contribution is 2.36. The van der Waals surface area contributed by atoms with Gasteiger partial charge in [0.05, 0.1) is 24.3 Å². The molecule has 0 spiro atoms. The second-order valence-electron chi connectivity index (χ2n) is 7.93. The first kappa shape index (κ1) is 23.4. The number of carbonyl (C=O) groups is 1. The molecule has 2 atom stereocenters. The molecule has 7 heteroatoms. The number of benzene rings is 2. The quantitative estimate of drug-likeness (QED) is 0.456. The van der Waals surface area contributed by atoms with Crippen LogP contribution in [0.15, 0.2) is 60.7 Å². The van der Waals surface area contributed by atoms with Gasteiger partial charge >= 0.3 is 5.97 Å². The Morgan fingerprint density at radius 3 is 2.31 bits per heavy atom. The Bertz CT molecular complexity index is 1080. The Balaban J connectivity index is 2.08. The molecule has 3 N–H and O–H groups in total. The van der Waals surface area contributed by atoms with E-state index in [4.69, 9.17) is 10.2 Å². The fourth-order valence-corrected chi connectivity index (χ4v) is 3.54. The predicted octanol–water partition coefficient (Wildman–Crippen LogP) is 4.54. The van der Waals surface area contributed by atoms with Crippen LogP contribution in [-0.2, 0) is 4.79 Å². The number of carboxylic acid groups (broad SMARTS) is 1. The van der Waals surface area contributed by atoms with Gasteiger partial charge in [-0.05, 0) is 37.6 Å². The molecule has 0 bridgehead atoms. The van der Waals surface area contributed by atoms with Gasteiger partial charge in [-0.25, -0.2) is 4.39 Å². The van der Waals surface area contributed by atoms with E-state index >= 15 is 0 Å². The molecule has 0 unspecified atom stereocenters. The van der Waals surface area contributed by atoms with Gasteiger partial charge < -0.3 is 15.3 Å². The van der Waals surface area contributed by atoms with Gasteiger partial charge in [-0.1, -0.05) is 48.5 Å². The van der Waals surface area contributed by atoms with Crippen molar-refractivity contribution in [3.05, 3.63) is 72.2 Å². The summed E-state index contributed by atoms with van der Waals surface area (Å²) in [5.74, 6) is -1.47. The number of aliphatic hydroxyl groups excluding tert-OH is 2. The molecule has 3 aromatic rings. The van der Waals surface area contributed by atoms with Crippen LogP contribution in [0.4, 0.5) is 4.39 Å². The minimum Gasteiger partial charge on any atom is -0.481 e. The van der Waals surface area contributed by atoms with Crippen LogP contribution in [0.3, 0.4) is 0 Å². The summed E-state index contributed by atoms with van der Waals surface area (Å²) in [5.41, 5.74) is 3.91. The van der Waals surface area contributed by atoms with Crippen molar-refractivity contribution in [2.75, 3.05) is 0 Å². The van der Waals surface area contributed by atoms with Gasteiger partial charge in [0.1, 0.15) is 11.5 Å². The highest BCUT2D eigenvalue weighted by atomic mass is 19.1. The van der Waals surface area contributed by atoms with Crippen molar-refractivity contribution in [3.63, 3.8) is 0 Å². The zero-order valence-electron chi connectivity index (χ0n) is 18.0. The predicted molar refractivity (Wildman–Crippen MR) is 121 cm³/mol. The van der Waals surface area contributed by atoms with Gasteiger partial charge in [-0.15, -0.1) is 0 Å². The standard InChI is InChI=1S/C25H27FN2O4/c1-16(2)28-22(13-12-20(29)14-21(30)15-23(31)32)24(17-8-10-19(26)11-9-17)25(27-28)18-6-4-3-5-7-18/h3-13,16,20-21,29-30H,14-15H2,1-2H3,(H,31,32)/b13-12+/t20-,21-/m1/s1. The van der Waals surface area contributed by atoms with Gasteiger partial charge in [0.2, 0.25) is 0 Å². The van der Waals surface area contributed by atoms with Gasteiger partial charge in [0.25, 0.3) is 0 Å². The molecule has 0 saturated heterocycles. The van der Waals surface area contributed by atoms with Gasteiger partial charge in [0.15, 0.2) is 0 Å². The molecule has 2 aromatic carbocycles. The molecule has 0 aliphatic carbocycles. The summed E-state index contributed by atoms with van der Waals surface area (Å²) in [6.45, 7) is 3.97. The number of carboxylic acids is 1. The topological polar surface area (TPSA) is 95.6 Å². The zero-order chi connectivity index (χ0) is 23.3. The normalized spacial score (nSPS) is 13.6. The van der Waals surface area contributed by atoms with Crippen LogP contribution in [0.1, 0.15) is 38.4 Å². The van der Waals surface area contributed by atoms with Crippen molar-refractivity contribution in [1.82, 2.24) is 9.78 Å². The summed E-state index contributed by atoms with van der Waals surface area (Å²) < 4.78 is 15.4. The van der Waals surface area contributed by atoms with Crippen LogP contribution >= 0.6 is 0 Å². The average Bonchev–Trinajstić information content (AvgIpc) is 3.12. The van der Waals surface area contributed by atoms with Gasteiger partial charge in [-0.2, -0.15) is 5.10 Å². The van der Waals surface area contributed by atoms with Crippen molar-refractivity contribution >= 4 is 12.0 Å². The van der Waals surface area contributed by atoms with E-state index in [1.165, 1.54) is 18.2 Å². The first-order chi connectivity index (χ1) is 15.3. The second kappa shape index (κ2) is 10.3. The lowest BCUT2D eigenvalue weighted by molar-refractivity contribution is -0.139. The van der Waals surface area contributed by atoms with Crippen molar-refractivity contribution in [2.45, 2.75) is 44.9 Å². The van der Waals surface area contributed by atoms with Crippen molar-refractivity contribution in [2.24, 2.45) is 0 Å². The summed E-state index contributed by atoms with van der Waals surface area (Å²) in [7, 11) is 0. The van der Waals surface area contributed by atoms with E-state index in [9.17, 15) is 19.4 Å².